The molecule has 1 aliphatic heterocycles. The van der Waals surface area contributed by atoms with Crippen molar-refractivity contribution in [3.63, 3.8) is 0 Å². The average molecular weight is 297 g/mol. The Kier molecular flexibility index (Phi) is 4.45. The second-order valence-corrected chi connectivity index (χ2v) is 7.14. The SMILES string of the molecule is CC1CCCCN1S(=O)(=O)Cc1ccc(C(=O)O)cc1. The zero-order valence-electron chi connectivity index (χ0n) is 11.4. The van der Waals surface area contributed by atoms with Gasteiger partial charge in [-0.15, -0.1) is 0 Å². The van der Waals surface area contributed by atoms with Gasteiger partial charge in [0, 0.05) is 12.6 Å². The highest BCUT2D eigenvalue weighted by molar-refractivity contribution is 7.88. The third kappa shape index (κ3) is 3.37. The van der Waals surface area contributed by atoms with Crippen molar-refractivity contribution >= 4 is 16.0 Å². The van der Waals surface area contributed by atoms with Gasteiger partial charge in [0.25, 0.3) is 0 Å². The van der Waals surface area contributed by atoms with Gasteiger partial charge >= 0.3 is 5.97 Å². The van der Waals surface area contributed by atoms with Gasteiger partial charge in [-0.1, -0.05) is 18.6 Å². The van der Waals surface area contributed by atoms with Gasteiger partial charge in [0.1, 0.15) is 0 Å². The van der Waals surface area contributed by atoms with E-state index >= 15 is 0 Å². The first kappa shape index (κ1) is 15.0. The summed E-state index contributed by atoms with van der Waals surface area (Å²) in [5, 5.41) is 8.82. The zero-order chi connectivity index (χ0) is 14.8. The normalized spacial score (nSPS) is 20.8. The van der Waals surface area contributed by atoms with Crippen LogP contribution < -0.4 is 0 Å². The van der Waals surface area contributed by atoms with Crippen LogP contribution in [0.15, 0.2) is 24.3 Å². The smallest absolute Gasteiger partial charge is 0.335 e. The van der Waals surface area contributed by atoms with Crippen LogP contribution in [0.25, 0.3) is 0 Å². The van der Waals surface area contributed by atoms with Crippen LogP contribution in [-0.2, 0) is 15.8 Å². The summed E-state index contributed by atoms with van der Waals surface area (Å²) >= 11 is 0. The standard InChI is InChI=1S/C14H19NO4S/c1-11-4-2-3-9-15(11)20(18,19)10-12-5-7-13(8-6-12)14(16)17/h5-8,11H,2-4,9-10H2,1H3,(H,16,17). The number of carbonyl (C=O) groups is 1. The van der Waals surface area contributed by atoms with E-state index < -0.39 is 16.0 Å². The van der Waals surface area contributed by atoms with Crippen LogP contribution in [0.4, 0.5) is 0 Å². The molecule has 5 nitrogen and oxygen atoms in total. The van der Waals surface area contributed by atoms with E-state index in [9.17, 15) is 13.2 Å². The van der Waals surface area contributed by atoms with Crippen LogP contribution in [-0.4, -0.2) is 36.4 Å². The van der Waals surface area contributed by atoms with Gasteiger partial charge in [0.15, 0.2) is 0 Å². The van der Waals surface area contributed by atoms with Crippen LogP contribution in [0.5, 0.6) is 0 Å². The van der Waals surface area contributed by atoms with Gasteiger partial charge in [-0.05, 0) is 37.5 Å². The Morgan fingerprint density at radius 3 is 2.50 bits per heavy atom. The van der Waals surface area contributed by atoms with E-state index in [0.29, 0.717) is 12.1 Å². The number of sulfonamides is 1. The van der Waals surface area contributed by atoms with Crippen molar-refractivity contribution in [3.8, 4) is 0 Å². The monoisotopic (exact) mass is 297 g/mol. The molecular formula is C14H19NO4S. The number of nitrogens with zero attached hydrogens (tertiary/aromatic N) is 1. The van der Waals surface area contributed by atoms with Gasteiger partial charge in [-0.3, -0.25) is 0 Å². The summed E-state index contributed by atoms with van der Waals surface area (Å²) in [6.07, 6.45) is 2.87. The minimum absolute atomic E-state index is 0.0482. The molecule has 110 valence electrons. The lowest BCUT2D eigenvalue weighted by molar-refractivity contribution is 0.0697. The molecule has 1 fully saturated rings. The third-order valence-corrected chi connectivity index (χ3v) is 5.60. The van der Waals surface area contributed by atoms with Gasteiger partial charge in [0.05, 0.1) is 11.3 Å². The molecule has 1 aromatic rings. The van der Waals surface area contributed by atoms with E-state index in [0.717, 1.165) is 19.3 Å². The van der Waals surface area contributed by atoms with E-state index in [-0.39, 0.29) is 17.4 Å². The molecule has 20 heavy (non-hydrogen) atoms. The van der Waals surface area contributed by atoms with Gasteiger partial charge in [-0.2, -0.15) is 4.31 Å². The number of carboxylic acid groups (broad SMARTS) is 1. The van der Waals surface area contributed by atoms with Crippen molar-refractivity contribution in [2.45, 2.75) is 38.0 Å². The van der Waals surface area contributed by atoms with Gasteiger partial charge in [0.2, 0.25) is 10.0 Å². The summed E-state index contributed by atoms with van der Waals surface area (Å²) < 4.78 is 26.4. The van der Waals surface area contributed by atoms with Crippen LogP contribution in [0.2, 0.25) is 0 Å². The first-order chi connectivity index (χ1) is 9.40. The van der Waals surface area contributed by atoms with Crippen LogP contribution >= 0.6 is 0 Å². The molecule has 0 aromatic heterocycles. The lowest BCUT2D eigenvalue weighted by Crippen LogP contribution is -2.42. The number of rotatable bonds is 4. The number of hydrogen-bond acceptors (Lipinski definition) is 3. The lowest BCUT2D eigenvalue weighted by Gasteiger charge is -2.32. The minimum atomic E-state index is -3.33. The number of carboxylic acids is 1. The summed E-state index contributed by atoms with van der Waals surface area (Å²) in [5.74, 6) is -1.08. The molecule has 0 bridgehead atoms. The Labute approximate surface area is 119 Å². The fourth-order valence-corrected chi connectivity index (χ4v) is 4.36. The molecule has 0 radical (unpaired) electrons. The number of piperidine rings is 1. The number of hydrogen-bond donors (Lipinski definition) is 1. The van der Waals surface area contributed by atoms with E-state index in [1.165, 1.54) is 12.1 Å². The second-order valence-electron chi connectivity index (χ2n) is 5.21. The van der Waals surface area contributed by atoms with Crippen LogP contribution in [0.3, 0.4) is 0 Å². The molecular weight excluding hydrogens is 278 g/mol. The summed E-state index contributed by atoms with van der Waals surface area (Å²) in [4.78, 5) is 10.8. The van der Waals surface area contributed by atoms with E-state index in [1.807, 2.05) is 6.92 Å². The Bertz CT molecular complexity index is 580. The summed E-state index contributed by atoms with van der Waals surface area (Å²) in [6.45, 7) is 2.51. The van der Waals surface area contributed by atoms with Gasteiger partial charge in [-0.25, -0.2) is 13.2 Å². The lowest BCUT2D eigenvalue weighted by atomic mass is 10.1. The number of aromatic carboxylic acids is 1. The molecule has 0 aliphatic carbocycles. The quantitative estimate of drug-likeness (QED) is 0.923. The van der Waals surface area contributed by atoms with E-state index in [4.69, 9.17) is 5.11 Å². The Balaban J connectivity index is 2.13. The topological polar surface area (TPSA) is 74.7 Å². The molecule has 1 N–H and O–H groups in total. The summed E-state index contributed by atoms with van der Waals surface area (Å²) in [7, 11) is -3.33. The minimum Gasteiger partial charge on any atom is -0.478 e. The molecule has 0 spiro atoms. The highest BCUT2D eigenvalue weighted by Crippen LogP contribution is 2.22. The van der Waals surface area contributed by atoms with Crippen molar-refractivity contribution < 1.29 is 18.3 Å². The second kappa shape index (κ2) is 5.93. The van der Waals surface area contributed by atoms with Crippen molar-refractivity contribution in [1.29, 1.82) is 0 Å². The molecule has 1 atom stereocenters. The predicted molar refractivity (Wildman–Crippen MR) is 76.0 cm³/mol. The molecule has 6 heteroatoms. The van der Waals surface area contributed by atoms with Crippen molar-refractivity contribution in [1.82, 2.24) is 4.31 Å². The molecule has 1 saturated heterocycles. The van der Waals surface area contributed by atoms with Crippen molar-refractivity contribution in [2.24, 2.45) is 0 Å². The Morgan fingerprint density at radius 1 is 1.30 bits per heavy atom. The molecule has 1 unspecified atom stereocenters. The highest BCUT2D eigenvalue weighted by Gasteiger charge is 2.29. The maximum atomic E-state index is 12.4. The Morgan fingerprint density at radius 2 is 1.95 bits per heavy atom. The molecule has 2 rings (SSSR count). The molecule has 1 aromatic carbocycles. The molecule has 0 saturated carbocycles. The van der Waals surface area contributed by atoms with E-state index in [1.54, 1.807) is 16.4 Å². The largest absolute Gasteiger partial charge is 0.478 e. The fraction of sp³-hybridized carbons (Fsp3) is 0.500. The maximum absolute atomic E-state index is 12.4. The average Bonchev–Trinajstić information content (AvgIpc) is 2.39. The first-order valence-electron chi connectivity index (χ1n) is 6.72. The fourth-order valence-electron chi connectivity index (χ4n) is 2.52. The zero-order valence-corrected chi connectivity index (χ0v) is 12.3. The predicted octanol–water partition coefficient (Wildman–Crippen LogP) is 2.09. The van der Waals surface area contributed by atoms with Crippen molar-refractivity contribution in [2.75, 3.05) is 6.54 Å². The molecule has 0 amide bonds. The number of benzene rings is 1. The first-order valence-corrected chi connectivity index (χ1v) is 8.33. The third-order valence-electron chi connectivity index (χ3n) is 3.65. The molecule has 1 heterocycles. The summed E-state index contributed by atoms with van der Waals surface area (Å²) in [6, 6.07) is 6.05. The maximum Gasteiger partial charge on any atom is 0.335 e. The Hall–Kier alpha value is -1.40. The van der Waals surface area contributed by atoms with Gasteiger partial charge < -0.3 is 5.11 Å². The van der Waals surface area contributed by atoms with Crippen molar-refractivity contribution in [3.05, 3.63) is 35.4 Å². The summed E-state index contributed by atoms with van der Waals surface area (Å²) in [5.41, 5.74) is 0.783. The highest BCUT2D eigenvalue weighted by atomic mass is 32.2. The van der Waals surface area contributed by atoms with Crippen LogP contribution in [0, 0.1) is 0 Å². The van der Waals surface area contributed by atoms with Crippen LogP contribution in [0.1, 0.15) is 42.1 Å². The van der Waals surface area contributed by atoms with E-state index in [2.05, 4.69) is 0 Å². The molecule has 1 aliphatic rings.